The van der Waals surface area contributed by atoms with Gasteiger partial charge in [0.25, 0.3) is 0 Å². The van der Waals surface area contributed by atoms with E-state index in [9.17, 15) is 0 Å². The summed E-state index contributed by atoms with van der Waals surface area (Å²) in [5.41, 5.74) is 8.49. The van der Waals surface area contributed by atoms with Crippen molar-refractivity contribution in [1.82, 2.24) is 0 Å². The zero-order valence-electron chi connectivity index (χ0n) is 12.7. The Hall–Kier alpha value is -1.46. The first-order chi connectivity index (χ1) is 10.3. The third-order valence-corrected chi connectivity index (χ3v) is 4.26. The van der Waals surface area contributed by atoms with Gasteiger partial charge in [-0.05, 0) is 31.0 Å². The van der Waals surface area contributed by atoms with Crippen molar-refractivity contribution in [2.75, 3.05) is 56.3 Å². The number of benzene rings is 1. The van der Waals surface area contributed by atoms with Gasteiger partial charge in [0.1, 0.15) is 11.4 Å². The number of anilines is 2. The van der Waals surface area contributed by atoms with E-state index in [1.54, 1.807) is 7.11 Å². The van der Waals surface area contributed by atoms with Gasteiger partial charge in [0.05, 0.1) is 26.0 Å². The normalized spacial score (nSPS) is 23.2. The summed E-state index contributed by atoms with van der Waals surface area (Å²) in [7, 11) is 1.72. The maximum Gasteiger partial charge on any atom is 0.144 e. The summed E-state index contributed by atoms with van der Waals surface area (Å²) in [4.78, 5) is 4.73. The number of morpholine rings is 1. The zero-order chi connectivity index (χ0) is 14.7. The predicted molar refractivity (Wildman–Crippen MR) is 84.3 cm³/mol. The number of piperidine rings is 1. The van der Waals surface area contributed by atoms with Crippen LogP contribution in [0.5, 0.6) is 5.75 Å². The van der Waals surface area contributed by atoms with E-state index in [0.29, 0.717) is 0 Å². The predicted octanol–water partition coefficient (Wildman–Crippen LogP) is 1.26. The van der Waals surface area contributed by atoms with Gasteiger partial charge in [0, 0.05) is 32.2 Å². The molecule has 5 heteroatoms. The highest BCUT2D eigenvalue weighted by Gasteiger charge is 2.25. The summed E-state index contributed by atoms with van der Waals surface area (Å²) in [6.07, 6.45) is 2.25. The first-order valence-corrected chi connectivity index (χ1v) is 7.71. The lowest BCUT2D eigenvalue weighted by Gasteiger charge is -2.38. The second-order valence-corrected chi connectivity index (χ2v) is 5.71. The van der Waals surface area contributed by atoms with Crippen LogP contribution in [0.15, 0.2) is 12.1 Å². The molecule has 1 radical (unpaired) electrons. The lowest BCUT2D eigenvalue weighted by atomic mass is 10.0. The second-order valence-electron chi connectivity index (χ2n) is 5.71. The molecule has 1 atom stereocenters. The van der Waals surface area contributed by atoms with Crippen molar-refractivity contribution in [3.05, 3.63) is 18.2 Å². The van der Waals surface area contributed by atoms with E-state index in [1.807, 2.05) is 6.07 Å². The molecule has 115 valence electrons. The number of nitrogens with zero attached hydrogens (tertiary/aromatic N) is 2. The van der Waals surface area contributed by atoms with E-state index < -0.39 is 0 Å². The quantitative estimate of drug-likeness (QED) is 0.908. The van der Waals surface area contributed by atoms with Crippen molar-refractivity contribution < 1.29 is 9.47 Å². The van der Waals surface area contributed by atoms with Crippen molar-refractivity contribution in [3.8, 4) is 5.75 Å². The summed E-state index contributed by atoms with van der Waals surface area (Å²) in [6, 6.07) is 7.43. The Kier molecular flexibility index (Phi) is 4.51. The van der Waals surface area contributed by atoms with Crippen molar-refractivity contribution in [3.63, 3.8) is 0 Å². The Morgan fingerprint density at radius 2 is 2.05 bits per heavy atom. The van der Waals surface area contributed by atoms with E-state index in [4.69, 9.17) is 15.2 Å². The minimum absolute atomic E-state index is 0.252. The molecule has 21 heavy (non-hydrogen) atoms. The zero-order valence-corrected chi connectivity index (χ0v) is 12.7. The number of hydrogen-bond acceptors (Lipinski definition) is 5. The van der Waals surface area contributed by atoms with Gasteiger partial charge >= 0.3 is 0 Å². The summed E-state index contributed by atoms with van der Waals surface area (Å²) in [5.74, 6) is 0.883. The van der Waals surface area contributed by atoms with Crippen LogP contribution in [0.25, 0.3) is 0 Å². The third kappa shape index (κ3) is 3.09. The first-order valence-electron chi connectivity index (χ1n) is 7.71. The topological polar surface area (TPSA) is 51.0 Å². The molecule has 2 fully saturated rings. The van der Waals surface area contributed by atoms with E-state index >= 15 is 0 Å². The Labute approximate surface area is 126 Å². The fourth-order valence-corrected chi connectivity index (χ4v) is 3.19. The van der Waals surface area contributed by atoms with Crippen LogP contribution >= 0.6 is 0 Å². The third-order valence-electron chi connectivity index (χ3n) is 4.26. The van der Waals surface area contributed by atoms with Crippen LogP contribution in [0.1, 0.15) is 12.8 Å². The molecule has 0 saturated carbocycles. The molecule has 1 aromatic rings. The molecule has 0 aliphatic carbocycles. The molecule has 1 aromatic carbocycles. The monoisotopic (exact) mass is 290 g/mol. The Morgan fingerprint density at radius 3 is 2.76 bits per heavy atom. The largest absolute Gasteiger partial charge is 0.494 e. The molecule has 2 N–H and O–H groups in total. The van der Waals surface area contributed by atoms with E-state index in [1.165, 1.54) is 5.69 Å². The van der Waals surface area contributed by atoms with Crippen LogP contribution in [0.2, 0.25) is 0 Å². The lowest BCUT2D eigenvalue weighted by molar-refractivity contribution is 0.122. The van der Waals surface area contributed by atoms with Crippen LogP contribution in [0, 0.1) is 6.07 Å². The maximum absolute atomic E-state index is 6.14. The molecule has 0 spiro atoms. The summed E-state index contributed by atoms with van der Waals surface area (Å²) in [6.45, 7) is 5.27. The molecule has 0 bridgehead atoms. The Balaban J connectivity index is 1.94. The highest BCUT2D eigenvalue weighted by molar-refractivity contribution is 5.78. The molecular weight excluding hydrogens is 266 g/mol. The molecule has 5 nitrogen and oxygen atoms in total. The average molecular weight is 290 g/mol. The van der Waals surface area contributed by atoms with Gasteiger partial charge in [-0.2, -0.15) is 0 Å². The summed E-state index contributed by atoms with van der Waals surface area (Å²) < 4.78 is 11.1. The smallest absolute Gasteiger partial charge is 0.144 e. The molecular formula is C16H24N3O2. The minimum Gasteiger partial charge on any atom is -0.494 e. The maximum atomic E-state index is 6.14. The highest BCUT2D eigenvalue weighted by Crippen LogP contribution is 2.39. The number of ether oxygens (including phenoxy) is 2. The second kappa shape index (κ2) is 6.54. The van der Waals surface area contributed by atoms with Gasteiger partial charge in [-0.15, -0.1) is 0 Å². The molecule has 3 rings (SSSR count). The van der Waals surface area contributed by atoms with E-state index in [-0.39, 0.29) is 6.04 Å². The minimum atomic E-state index is 0.252. The van der Waals surface area contributed by atoms with Crippen molar-refractivity contribution in [2.24, 2.45) is 5.73 Å². The van der Waals surface area contributed by atoms with Crippen LogP contribution in [0.3, 0.4) is 0 Å². The van der Waals surface area contributed by atoms with Gasteiger partial charge in [0.15, 0.2) is 0 Å². The molecule has 2 heterocycles. The molecule has 2 saturated heterocycles. The van der Waals surface area contributed by atoms with Gasteiger partial charge in [-0.25, -0.2) is 0 Å². The van der Waals surface area contributed by atoms with E-state index in [2.05, 4.69) is 21.9 Å². The summed E-state index contributed by atoms with van der Waals surface area (Å²) in [5, 5.41) is 0. The fourth-order valence-electron chi connectivity index (χ4n) is 3.19. The van der Waals surface area contributed by atoms with Crippen molar-refractivity contribution in [2.45, 2.75) is 18.9 Å². The number of nitrogens with two attached hydrogens (primary N) is 1. The molecule has 0 unspecified atom stereocenters. The molecule has 0 aromatic heterocycles. The molecule has 2 aliphatic rings. The van der Waals surface area contributed by atoms with Crippen LogP contribution in [-0.2, 0) is 4.74 Å². The molecule has 0 amide bonds. The average Bonchev–Trinajstić information content (AvgIpc) is 2.55. The van der Waals surface area contributed by atoms with Crippen LogP contribution < -0.4 is 20.3 Å². The SMILES string of the molecule is COc1c[c]cc(N2CCC[C@@H](N)C2)c1N1CCOCC1. The highest BCUT2D eigenvalue weighted by atomic mass is 16.5. The van der Waals surface area contributed by atoms with Crippen LogP contribution in [-0.4, -0.2) is 52.5 Å². The number of methoxy groups -OCH3 is 1. The Bertz CT molecular complexity index is 475. The number of rotatable bonds is 3. The van der Waals surface area contributed by atoms with Gasteiger partial charge in [-0.1, -0.05) is 0 Å². The van der Waals surface area contributed by atoms with Gasteiger partial charge < -0.3 is 25.0 Å². The Morgan fingerprint density at radius 1 is 1.24 bits per heavy atom. The van der Waals surface area contributed by atoms with E-state index in [0.717, 1.165) is 63.7 Å². The van der Waals surface area contributed by atoms with Crippen molar-refractivity contribution in [1.29, 1.82) is 0 Å². The first kappa shape index (κ1) is 14.5. The van der Waals surface area contributed by atoms with Gasteiger partial charge in [0.2, 0.25) is 0 Å². The van der Waals surface area contributed by atoms with Crippen LogP contribution in [0.4, 0.5) is 11.4 Å². The molecule has 2 aliphatic heterocycles. The van der Waals surface area contributed by atoms with Crippen molar-refractivity contribution >= 4 is 11.4 Å². The lowest BCUT2D eigenvalue weighted by Crippen LogP contribution is -2.44. The van der Waals surface area contributed by atoms with Gasteiger partial charge in [-0.3, -0.25) is 0 Å². The fraction of sp³-hybridized carbons (Fsp3) is 0.625. The number of hydrogen-bond donors (Lipinski definition) is 1. The summed E-state index contributed by atoms with van der Waals surface area (Å²) >= 11 is 0. The standard InChI is InChI=1S/C16H24N3O2/c1-20-15-6-2-5-14(19-7-3-4-13(17)12-19)16(15)18-8-10-21-11-9-18/h5-6,13H,3-4,7-12,17H2,1H3/t13-/m1/s1.